The zero-order valence-electron chi connectivity index (χ0n) is 8.81. The Hall–Kier alpha value is -0.860. The molecule has 17 heavy (non-hydrogen) atoms. The number of alkyl halides is 3. The zero-order valence-corrected chi connectivity index (χ0v) is 8.81. The first kappa shape index (κ1) is 14.2. The second kappa shape index (κ2) is 5.19. The third-order valence-electron chi connectivity index (χ3n) is 2.57. The molecule has 0 radical (unpaired) electrons. The minimum absolute atomic E-state index is 0.0612. The molecule has 1 fully saturated rings. The second-order valence-electron chi connectivity index (χ2n) is 4.15. The quantitative estimate of drug-likeness (QED) is 0.538. The summed E-state index contributed by atoms with van der Waals surface area (Å²) in [7, 11) is 0. The number of nitrogens with one attached hydrogen (secondary N) is 1. The molecule has 1 aliphatic rings. The molecule has 2 unspecified atom stereocenters. The average molecular weight is 257 g/mol. The molecule has 0 aliphatic heterocycles. The standard InChI is InChI=1S/C9H14F3NO4/c10-9(11,12)3-7(16)8(17)13-4-1-5(14)6(15)2-4/h4-7,14-16H,1-3H2,(H,13,17)/t4?,5-,6+,7?. The van der Waals surface area contributed by atoms with Crippen LogP contribution in [0.4, 0.5) is 13.2 Å². The summed E-state index contributed by atoms with van der Waals surface area (Å²) < 4.78 is 35.7. The van der Waals surface area contributed by atoms with Crippen LogP contribution in [0.15, 0.2) is 0 Å². The summed E-state index contributed by atoms with van der Waals surface area (Å²) in [6, 6.07) is -0.615. The van der Waals surface area contributed by atoms with Crippen LogP contribution in [0, 0.1) is 0 Å². The lowest BCUT2D eigenvalue weighted by atomic mass is 10.2. The molecule has 4 atom stereocenters. The van der Waals surface area contributed by atoms with Crippen LogP contribution in [-0.4, -0.2) is 51.8 Å². The smallest absolute Gasteiger partial charge is 0.390 e. The minimum Gasteiger partial charge on any atom is -0.390 e. The molecule has 1 aliphatic carbocycles. The molecule has 8 heteroatoms. The van der Waals surface area contributed by atoms with E-state index in [0.717, 1.165) is 0 Å². The summed E-state index contributed by atoms with van der Waals surface area (Å²) in [5, 5.41) is 29.5. The summed E-state index contributed by atoms with van der Waals surface area (Å²) in [6.07, 6.45) is -10.3. The van der Waals surface area contributed by atoms with Gasteiger partial charge in [-0.1, -0.05) is 0 Å². The van der Waals surface area contributed by atoms with Crippen molar-refractivity contribution in [3.8, 4) is 0 Å². The van der Waals surface area contributed by atoms with Crippen molar-refractivity contribution in [2.75, 3.05) is 0 Å². The van der Waals surface area contributed by atoms with E-state index in [2.05, 4.69) is 5.32 Å². The number of carbonyl (C=O) groups excluding carboxylic acids is 1. The van der Waals surface area contributed by atoms with Gasteiger partial charge in [0.2, 0.25) is 5.91 Å². The predicted molar refractivity (Wildman–Crippen MR) is 49.9 cm³/mol. The van der Waals surface area contributed by atoms with Gasteiger partial charge >= 0.3 is 6.18 Å². The second-order valence-corrected chi connectivity index (χ2v) is 4.15. The first-order valence-corrected chi connectivity index (χ1v) is 5.10. The molecular weight excluding hydrogens is 243 g/mol. The summed E-state index contributed by atoms with van der Waals surface area (Å²) in [5.74, 6) is -1.14. The summed E-state index contributed by atoms with van der Waals surface area (Å²) in [4.78, 5) is 11.2. The Balaban J connectivity index is 2.39. The molecule has 0 aromatic heterocycles. The highest BCUT2D eigenvalue weighted by atomic mass is 19.4. The summed E-state index contributed by atoms with van der Waals surface area (Å²) in [5.41, 5.74) is 0. The number of halogens is 3. The molecule has 0 saturated heterocycles. The number of hydrogen-bond donors (Lipinski definition) is 4. The van der Waals surface area contributed by atoms with E-state index in [-0.39, 0.29) is 12.8 Å². The van der Waals surface area contributed by atoms with Gasteiger partial charge in [-0.2, -0.15) is 13.2 Å². The van der Waals surface area contributed by atoms with Gasteiger partial charge in [0.05, 0.1) is 18.6 Å². The Morgan fingerprint density at radius 3 is 2.18 bits per heavy atom. The van der Waals surface area contributed by atoms with Crippen molar-refractivity contribution < 1.29 is 33.3 Å². The normalized spacial score (nSPS) is 31.3. The van der Waals surface area contributed by atoms with Crippen LogP contribution >= 0.6 is 0 Å². The SMILES string of the molecule is O=C(NC1C[C@@H](O)[C@@H](O)C1)C(O)CC(F)(F)F. The highest BCUT2D eigenvalue weighted by Crippen LogP contribution is 2.23. The Bertz CT molecular complexity index is 274. The Labute approximate surface area is 95.2 Å². The van der Waals surface area contributed by atoms with Crippen molar-refractivity contribution >= 4 is 5.91 Å². The first-order valence-electron chi connectivity index (χ1n) is 5.10. The third-order valence-corrected chi connectivity index (χ3v) is 2.57. The van der Waals surface area contributed by atoms with E-state index >= 15 is 0 Å². The number of hydrogen-bond acceptors (Lipinski definition) is 4. The molecule has 5 nitrogen and oxygen atoms in total. The number of aliphatic hydroxyl groups excluding tert-OH is 3. The van der Waals surface area contributed by atoms with Crippen LogP contribution in [0.5, 0.6) is 0 Å². The molecule has 0 aromatic carbocycles. The Morgan fingerprint density at radius 1 is 1.29 bits per heavy atom. The molecular formula is C9H14F3NO4. The largest absolute Gasteiger partial charge is 0.392 e. The monoisotopic (exact) mass is 257 g/mol. The summed E-state index contributed by atoms with van der Waals surface area (Å²) >= 11 is 0. The van der Waals surface area contributed by atoms with Crippen LogP contribution in [0.2, 0.25) is 0 Å². The fraction of sp³-hybridized carbons (Fsp3) is 0.889. The van der Waals surface area contributed by atoms with Crippen LogP contribution in [0.25, 0.3) is 0 Å². The van der Waals surface area contributed by atoms with Crippen LogP contribution in [0.3, 0.4) is 0 Å². The van der Waals surface area contributed by atoms with Crippen molar-refractivity contribution in [1.82, 2.24) is 5.32 Å². The lowest BCUT2D eigenvalue weighted by molar-refractivity contribution is -0.163. The van der Waals surface area contributed by atoms with Crippen molar-refractivity contribution in [2.24, 2.45) is 0 Å². The average Bonchev–Trinajstić information content (AvgIpc) is 2.42. The molecule has 0 spiro atoms. The van der Waals surface area contributed by atoms with Gasteiger partial charge in [0.15, 0.2) is 0 Å². The maximum Gasteiger partial charge on any atom is 0.392 e. The van der Waals surface area contributed by atoms with E-state index < -0.39 is 42.9 Å². The van der Waals surface area contributed by atoms with E-state index in [9.17, 15) is 18.0 Å². The zero-order chi connectivity index (χ0) is 13.2. The van der Waals surface area contributed by atoms with Crippen LogP contribution < -0.4 is 5.32 Å². The van der Waals surface area contributed by atoms with Gasteiger partial charge in [-0.15, -0.1) is 0 Å². The number of aliphatic hydroxyl groups is 3. The molecule has 0 aromatic rings. The molecule has 1 rings (SSSR count). The van der Waals surface area contributed by atoms with Gasteiger partial charge in [-0.3, -0.25) is 4.79 Å². The molecule has 0 bridgehead atoms. The van der Waals surface area contributed by atoms with Gasteiger partial charge < -0.3 is 20.6 Å². The fourth-order valence-corrected chi connectivity index (χ4v) is 1.72. The summed E-state index contributed by atoms with van der Waals surface area (Å²) in [6.45, 7) is 0. The fourth-order valence-electron chi connectivity index (χ4n) is 1.72. The van der Waals surface area contributed by atoms with Crippen molar-refractivity contribution in [3.05, 3.63) is 0 Å². The van der Waals surface area contributed by atoms with E-state index in [4.69, 9.17) is 15.3 Å². The molecule has 4 N–H and O–H groups in total. The van der Waals surface area contributed by atoms with Gasteiger partial charge in [0.1, 0.15) is 6.10 Å². The van der Waals surface area contributed by atoms with Gasteiger partial charge in [-0.05, 0) is 12.8 Å². The Kier molecular flexibility index (Phi) is 4.34. The number of rotatable bonds is 3. The highest BCUT2D eigenvalue weighted by Gasteiger charge is 2.37. The third kappa shape index (κ3) is 4.49. The number of carbonyl (C=O) groups is 1. The Morgan fingerprint density at radius 2 is 1.76 bits per heavy atom. The van der Waals surface area contributed by atoms with Gasteiger partial charge in [-0.25, -0.2) is 0 Å². The first-order chi connectivity index (χ1) is 7.69. The van der Waals surface area contributed by atoms with Crippen molar-refractivity contribution in [3.63, 3.8) is 0 Å². The van der Waals surface area contributed by atoms with Crippen LogP contribution in [-0.2, 0) is 4.79 Å². The maximum absolute atomic E-state index is 11.9. The van der Waals surface area contributed by atoms with E-state index in [0.29, 0.717) is 0 Å². The number of amides is 1. The van der Waals surface area contributed by atoms with Crippen molar-refractivity contribution in [2.45, 2.75) is 49.8 Å². The van der Waals surface area contributed by atoms with E-state index in [1.165, 1.54) is 0 Å². The van der Waals surface area contributed by atoms with Crippen molar-refractivity contribution in [1.29, 1.82) is 0 Å². The van der Waals surface area contributed by atoms with E-state index in [1.807, 2.05) is 0 Å². The lowest BCUT2D eigenvalue weighted by Crippen LogP contribution is -2.42. The van der Waals surface area contributed by atoms with Gasteiger partial charge in [0.25, 0.3) is 0 Å². The predicted octanol–water partition coefficient (Wildman–Crippen LogP) is -0.700. The molecule has 100 valence electrons. The van der Waals surface area contributed by atoms with Crippen LogP contribution in [0.1, 0.15) is 19.3 Å². The van der Waals surface area contributed by atoms with E-state index in [1.54, 1.807) is 0 Å². The molecule has 1 amide bonds. The minimum atomic E-state index is -4.62. The van der Waals surface area contributed by atoms with Gasteiger partial charge in [0, 0.05) is 6.04 Å². The highest BCUT2D eigenvalue weighted by molar-refractivity contribution is 5.80. The molecule has 1 saturated carbocycles. The topological polar surface area (TPSA) is 89.8 Å². The molecule has 0 heterocycles. The maximum atomic E-state index is 11.9. The lowest BCUT2D eigenvalue weighted by Gasteiger charge is -2.16.